The third-order valence-corrected chi connectivity index (χ3v) is 3.97. The molecule has 2 rings (SSSR count). The lowest BCUT2D eigenvalue weighted by molar-refractivity contribution is 0.103. The van der Waals surface area contributed by atoms with E-state index in [4.69, 9.17) is 4.74 Å². The zero-order valence-corrected chi connectivity index (χ0v) is 14.6. The Kier molecular flexibility index (Phi) is 4.66. The first kappa shape index (κ1) is 15.3. The van der Waals surface area contributed by atoms with Gasteiger partial charge >= 0.3 is 0 Å². The van der Waals surface area contributed by atoms with Gasteiger partial charge in [-0.2, -0.15) is 0 Å². The van der Waals surface area contributed by atoms with Crippen LogP contribution >= 0.6 is 31.9 Å². The van der Waals surface area contributed by atoms with E-state index in [-0.39, 0.29) is 5.78 Å². The van der Waals surface area contributed by atoms with Crippen LogP contribution < -0.4 is 4.74 Å². The summed E-state index contributed by atoms with van der Waals surface area (Å²) in [7, 11) is 1.64. The highest BCUT2D eigenvalue weighted by Crippen LogP contribution is 2.27. The number of hydrogen-bond donors (Lipinski definition) is 0. The van der Waals surface area contributed by atoms with Gasteiger partial charge in [0.15, 0.2) is 5.78 Å². The molecular formula is C16H14Br2O2. The number of carbonyl (C=O) groups excluding carboxylic acids is 1. The molecule has 0 heterocycles. The average molecular weight is 398 g/mol. The van der Waals surface area contributed by atoms with Crippen LogP contribution in [0.25, 0.3) is 0 Å². The number of ether oxygens (including phenoxy) is 1. The van der Waals surface area contributed by atoms with E-state index in [1.165, 1.54) is 0 Å². The van der Waals surface area contributed by atoms with Gasteiger partial charge < -0.3 is 4.74 Å². The maximum Gasteiger partial charge on any atom is 0.193 e. The Labute approximate surface area is 135 Å². The molecule has 0 amide bonds. The molecule has 0 aromatic heterocycles. The van der Waals surface area contributed by atoms with Gasteiger partial charge in [-0.3, -0.25) is 4.79 Å². The van der Waals surface area contributed by atoms with Crippen LogP contribution in [0.1, 0.15) is 27.0 Å². The maximum atomic E-state index is 12.6. The fourth-order valence-corrected chi connectivity index (χ4v) is 3.55. The van der Waals surface area contributed by atoms with E-state index in [0.717, 1.165) is 25.8 Å². The second kappa shape index (κ2) is 6.10. The van der Waals surface area contributed by atoms with Crippen molar-refractivity contribution in [1.82, 2.24) is 0 Å². The second-order valence-electron chi connectivity index (χ2n) is 4.63. The number of carbonyl (C=O) groups is 1. The standard InChI is InChI=1S/C16H14Br2O2/c1-9-4-11(5-10(2)16(9)20-3)15(19)12-6-13(17)8-14(18)7-12/h4-8H,1-3H3. The van der Waals surface area contributed by atoms with E-state index in [1.54, 1.807) is 7.11 Å². The van der Waals surface area contributed by atoms with Crippen molar-refractivity contribution in [2.45, 2.75) is 13.8 Å². The molecule has 0 fully saturated rings. The van der Waals surface area contributed by atoms with Gasteiger partial charge in [0, 0.05) is 20.1 Å². The zero-order chi connectivity index (χ0) is 14.9. The third-order valence-electron chi connectivity index (χ3n) is 3.05. The highest BCUT2D eigenvalue weighted by atomic mass is 79.9. The van der Waals surface area contributed by atoms with Gasteiger partial charge in [-0.25, -0.2) is 0 Å². The summed E-state index contributed by atoms with van der Waals surface area (Å²) in [6.45, 7) is 3.89. The molecule has 0 atom stereocenters. The molecule has 2 aromatic rings. The number of benzene rings is 2. The first-order valence-corrected chi connectivity index (χ1v) is 7.67. The van der Waals surface area contributed by atoms with Crippen LogP contribution in [0.5, 0.6) is 5.75 Å². The van der Waals surface area contributed by atoms with Crippen molar-refractivity contribution in [3.63, 3.8) is 0 Å². The van der Waals surface area contributed by atoms with Crippen LogP contribution in [0.15, 0.2) is 39.3 Å². The Morgan fingerprint density at radius 3 is 1.80 bits per heavy atom. The normalized spacial score (nSPS) is 10.4. The molecule has 0 unspecified atom stereocenters. The molecule has 2 nitrogen and oxygen atoms in total. The molecule has 4 heteroatoms. The first-order chi connectivity index (χ1) is 9.42. The lowest BCUT2D eigenvalue weighted by atomic mass is 9.98. The van der Waals surface area contributed by atoms with Gasteiger partial charge in [0.2, 0.25) is 0 Å². The number of aryl methyl sites for hydroxylation is 2. The number of rotatable bonds is 3. The summed E-state index contributed by atoms with van der Waals surface area (Å²) >= 11 is 6.81. The van der Waals surface area contributed by atoms with E-state index < -0.39 is 0 Å². The van der Waals surface area contributed by atoms with Crippen LogP contribution in [0, 0.1) is 13.8 Å². The molecular weight excluding hydrogens is 384 g/mol. The Morgan fingerprint density at radius 1 is 0.900 bits per heavy atom. The number of methoxy groups -OCH3 is 1. The largest absolute Gasteiger partial charge is 0.496 e. The van der Waals surface area contributed by atoms with E-state index in [9.17, 15) is 4.79 Å². The topological polar surface area (TPSA) is 26.3 Å². The predicted octanol–water partition coefficient (Wildman–Crippen LogP) is 5.07. The number of ketones is 1. The molecule has 2 aromatic carbocycles. The van der Waals surface area contributed by atoms with Crippen molar-refractivity contribution in [1.29, 1.82) is 0 Å². The Balaban J connectivity index is 2.48. The molecule has 0 radical (unpaired) electrons. The summed E-state index contributed by atoms with van der Waals surface area (Å²) < 4.78 is 7.07. The van der Waals surface area contributed by atoms with E-state index in [2.05, 4.69) is 31.9 Å². The van der Waals surface area contributed by atoms with E-state index >= 15 is 0 Å². The smallest absolute Gasteiger partial charge is 0.193 e. The maximum absolute atomic E-state index is 12.6. The Morgan fingerprint density at radius 2 is 1.35 bits per heavy atom. The summed E-state index contributed by atoms with van der Waals surface area (Å²) in [6.07, 6.45) is 0. The molecule has 0 N–H and O–H groups in total. The summed E-state index contributed by atoms with van der Waals surface area (Å²) in [5.74, 6) is 0.831. The predicted molar refractivity (Wildman–Crippen MR) is 87.7 cm³/mol. The lowest BCUT2D eigenvalue weighted by Gasteiger charge is -2.11. The minimum Gasteiger partial charge on any atom is -0.496 e. The first-order valence-electron chi connectivity index (χ1n) is 6.08. The lowest BCUT2D eigenvalue weighted by Crippen LogP contribution is -2.04. The van der Waals surface area contributed by atoms with Gasteiger partial charge in [-0.05, 0) is 55.3 Å². The molecule has 20 heavy (non-hydrogen) atoms. The van der Waals surface area contributed by atoms with Crippen LogP contribution in [0.2, 0.25) is 0 Å². The fraction of sp³-hybridized carbons (Fsp3) is 0.188. The summed E-state index contributed by atoms with van der Waals surface area (Å²) in [4.78, 5) is 12.6. The van der Waals surface area contributed by atoms with Gasteiger partial charge in [-0.1, -0.05) is 31.9 Å². The summed E-state index contributed by atoms with van der Waals surface area (Å²) in [5, 5.41) is 0. The molecule has 104 valence electrons. The molecule has 0 saturated carbocycles. The zero-order valence-electron chi connectivity index (χ0n) is 11.5. The fourth-order valence-electron chi connectivity index (χ4n) is 2.25. The van der Waals surface area contributed by atoms with Crippen molar-refractivity contribution in [2.75, 3.05) is 7.11 Å². The quantitative estimate of drug-likeness (QED) is 0.676. The van der Waals surface area contributed by atoms with Crippen LogP contribution in [-0.4, -0.2) is 12.9 Å². The van der Waals surface area contributed by atoms with Crippen molar-refractivity contribution < 1.29 is 9.53 Å². The molecule has 0 aliphatic heterocycles. The van der Waals surface area contributed by atoms with Gasteiger partial charge in [0.1, 0.15) is 5.75 Å². The van der Waals surface area contributed by atoms with Crippen molar-refractivity contribution in [3.8, 4) is 5.75 Å². The summed E-state index contributed by atoms with van der Waals surface area (Å²) in [6, 6.07) is 9.28. The second-order valence-corrected chi connectivity index (χ2v) is 6.46. The monoisotopic (exact) mass is 396 g/mol. The third kappa shape index (κ3) is 3.13. The Bertz CT molecular complexity index is 635. The summed E-state index contributed by atoms with van der Waals surface area (Å²) in [5.41, 5.74) is 3.25. The average Bonchev–Trinajstić information content (AvgIpc) is 2.36. The van der Waals surface area contributed by atoms with Gasteiger partial charge in [0.05, 0.1) is 7.11 Å². The van der Waals surface area contributed by atoms with Gasteiger partial charge in [-0.15, -0.1) is 0 Å². The van der Waals surface area contributed by atoms with E-state index in [1.807, 2.05) is 44.2 Å². The highest BCUT2D eigenvalue weighted by molar-refractivity contribution is 9.11. The molecule has 0 aliphatic rings. The molecule has 0 spiro atoms. The highest BCUT2D eigenvalue weighted by Gasteiger charge is 2.14. The Hall–Kier alpha value is -1.13. The van der Waals surface area contributed by atoms with Crippen LogP contribution in [-0.2, 0) is 0 Å². The van der Waals surface area contributed by atoms with Crippen molar-refractivity contribution in [3.05, 3.63) is 61.5 Å². The van der Waals surface area contributed by atoms with E-state index in [0.29, 0.717) is 11.1 Å². The molecule has 0 aliphatic carbocycles. The molecule has 0 bridgehead atoms. The van der Waals surface area contributed by atoms with Crippen molar-refractivity contribution in [2.24, 2.45) is 0 Å². The van der Waals surface area contributed by atoms with Crippen molar-refractivity contribution >= 4 is 37.6 Å². The number of halogens is 2. The molecule has 0 saturated heterocycles. The minimum absolute atomic E-state index is 0.000790. The van der Waals surface area contributed by atoms with Gasteiger partial charge in [0.25, 0.3) is 0 Å². The van der Waals surface area contributed by atoms with Crippen LogP contribution in [0.3, 0.4) is 0 Å². The minimum atomic E-state index is 0.000790. The SMILES string of the molecule is COc1c(C)cc(C(=O)c2cc(Br)cc(Br)c2)cc1C. The number of hydrogen-bond acceptors (Lipinski definition) is 2. The van der Waals surface area contributed by atoms with Crippen LogP contribution in [0.4, 0.5) is 0 Å².